The maximum Gasteiger partial charge on any atom is 0.324 e. The Bertz CT molecular complexity index is 398. The molecule has 0 saturated heterocycles. The number of carbonyl (C=O) groups excluding carboxylic acids is 1. The third kappa shape index (κ3) is 1.49. The number of esters is 1. The second kappa shape index (κ2) is 2.96. The van der Waals surface area contributed by atoms with Gasteiger partial charge in [0, 0.05) is 0 Å². The molecule has 0 aliphatic carbocycles. The van der Waals surface area contributed by atoms with Crippen LogP contribution in [0.4, 0.5) is 0 Å². The summed E-state index contributed by atoms with van der Waals surface area (Å²) in [5.41, 5.74) is 0.991. The summed E-state index contributed by atoms with van der Waals surface area (Å²) in [6, 6.07) is 5.33. The molecule has 0 N–H and O–H groups in total. The molecule has 0 fully saturated rings. The quantitative estimate of drug-likeness (QED) is 0.459. The third-order valence-corrected chi connectivity index (χ3v) is 3.14. The maximum atomic E-state index is 11.4. The number of aryl methyl sites for hydroxylation is 1. The van der Waals surface area contributed by atoms with Crippen LogP contribution >= 0.6 is 0 Å². The zero-order valence-electron chi connectivity index (χ0n) is 7.07. The fraction of sp³-hybridized carbons (Fsp3) is 0.222. The summed E-state index contributed by atoms with van der Waals surface area (Å²) < 4.78 is 16.4. The Morgan fingerprint density at radius 2 is 2.23 bits per heavy atom. The number of hydrogen-bond acceptors (Lipinski definition) is 3. The number of carbonyl (C=O) groups is 1. The van der Waals surface area contributed by atoms with Crippen LogP contribution in [-0.4, -0.2) is 15.9 Å². The van der Waals surface area contributed by atoms with Crippen LogP contribution in [0.5, 0.6) is 5.75 Å². The van der Waals surface area contributed by atoms with Crippen LogP contribution in [-0.2, 0) is 15.6 Å². The van der Waals surface area contributed by atoms with Crippen molar-refractivity contribution in [2.45, 2.75) is 11.8 Å². The van der Waals surface area contributed by atoms with E-state index in [2.05, 4.69) is 0 Å². The predicted octanol–water partition coefficient (Wildman–Crippen LogP) is 1.02. The van der Waals surface area contributed by atoms with Gasteiger partial charge in [-0.25, -0.2) is 0 Å². The Kier molecular flexibility index (Phi) is 1.92. The summed E-state index contributed by atoms with van der Waals surface area (Å²) >= 11 is 0. The molecule has 0 bridgehead atoms. The highest BCUT2D eigenvalue weighted by Gasteiger charge is 2.23. The first-order valence-corrected chi connectivity index (χ1v) is 5.18. The molecule has 1 atom stereocenters. The van der Waals surface area contributed by atoms with Gasteiger partial charge in [-0.15, -0.1) is 0 Å². The smallest absolute Gasteiger partial charge is 0.324 e. The fourth-order valence-corrected chi connectivity index (χ4v) is 2.19. The van der Waals surface area contributed by atoms with Crippen LogP contribution in [0.15, 0.2) is 23.1 Å². The molecular weight excluding hydrogens is 188 g/mol. The van der Waals surface area contributed by atoms with Gasteiger partial charge in [0.05, 0.1) is 15.7 Å². The number of fused-ring (bicyclic) bond motifs is 1. The van der Waals surface area contributed by atoms with Crippen molar-refractivity contribution in [2.75, 3.05) is 5.75 Å². The minimum atomic E-state index is -1.23. The molecule has 1 aromatic carbocycles. The molecule has 2 rings (SSSR count). The predicted molar refractivity (Wildman–Crippen MR) is 48.1 cm³/mol. The van der Waals surface area contributed by atoms with Gasteiger partial charge in [-0.3, -0.25) is 9.00 Å². The minimum Gasteiger partial charge on any atom is -0.425 e. The first-order valence-electron chi connectivity index (χ1n) is 3.86. The van der Waals surface area contributed by atoms with Crippen LogP contribution < -0.4 is 4.74 Å². The van der Waals surface area contributed by atoms with E-state index in [1.807, 2.05) is 13.0 Å². The van der Waals surface area contributed by atoms with E-state index in [0.29, 0.717) is 10.6 Å². The van der Waals surface area contributed by atoms with Crippen LogP contribution in [0.3, 0.4) is 0 Å². The SMILES string of the molecule is Cc1ccc2c(c1)OC(=O)CS2=O. The zero-order chi connectivity index (χ0) is 9.42. The first-order chi connectivity index (χ1) is 6.16. The summed E-state index contributed by atoms with van der Waals surface area (Å²) in [5.74, 6) is -0.0122. The molecule has 1 aliphatic heterocycles. The fourth-order valence-electron chi connectivity index (χ4n) is 1.22. The summed E-state index contributed by atoms with van der Waals surface area (Å²) in [6.45, 7) is 1.89. The summed E-state index contributed by atoms with van der Waals surface area (Å²) in [7, 11) is -1.23. The van der Waals surface area contributed by atoms with Gasteiger partial charge in [-0.1, -0.05) is 6.07 Å². The van der Waals surface area contributed by atoms with E-state index in [0.717, 1.165) is 5.56 Å². The average molecular weight is 196 g/mol. The molecular formula is C9H8O3S. The van der Waals surface area contributed by atoms with Crippen molar-refractivity contribution in [1.29, 1.82) is 0 Å². The van der Waals surface area contributed by atoms with Gasteiger partial charge >= 0.3 is 5.97 Å². The van der Waals surface area contributed by atoms with Crippen molar-refractivity contribution in [3.63, 3.8) is 0 Å². The van der Waals surface area contributed by atoms with Gasteiger partial charge in [0.1, 0.15) is 11.5 Å². The second-order valence-corrected chi connectivity index (χ2v) is 4.33. The third-order valence-electron chi connectivity index (χ3n) is 1.82. The largest absolute Gasteiger partial charge is 0.425 e. The molecule has 0 aromatic heterocycles. The number of benzene rings is 1. The minimum absolute atomic E-state index is 0.0317. The average Bonchev–Trinajstić information content (AvgIpc) is 2.02. The van der Waals surface area contributed by atoms with Crippen LogP contribution in [0.25, 0.3) is 0 Å². The lowest BCUT2D eigenvalue weighted by molar-refractivity contribution is -0.131. The number of hydrogen-bond donors (Lipinski definition) is 0. The van der Waals surface area contributed by atoms with E-state index < -0.39 is 16.8 Å². The molecule has 1 heterocycles. The molecule has 0 amide bonds. The lowest BCUT2D eigenvalue weighted by Gasteiger charge is -2.14. The van der Waals surface area contributed by atoms with Gasteiger partial charge in [0.2, 0.25) is 0 Å². The summed E-state index contributed by atoms with van der Waals surface area (Å²) in [5, 5.41) is 0. The zero-order valence-corrected chi connectivity index (χ0v) is 7.89. The second-order valence-electron chi connectivity index (χ2n) is 2.91. The Labute approximate surface area is 78.2 Å². The maximum absolute atomic E-state index is 11.4. The van der Waals surface area contributed by atoms with Crippen molar-refractivity contribution in [2.24, 2.45) is 0 Å². The van der Waals surface area contributed by atoms with Gasteiger partial charge in [0.15, 0.2) is 0 Å². The Morgan fingerprint density at radius 1 is 1.46 bits per heavy atom. The molecule has 0 spiro atoms. The number of rotatable bonds is 0. The molecule has 3 nitrogen and oxygen atoms in total. The van der Waals surface area contributed by atoms with Gasteiger partial charge < -0.3 is 4.74 Å². The van der Waals surface area contributed by atoms with E-state index in [4.69, 9.17) is 4.74 Å². The lowest BCUT2D eigenvalue weighted by atomic mass is 10.2. The highest BCUT2D eigenvalue weighted by molar-refractivity contribution is 7.86. The van der Waals surface area contributed by atoms with Crippen molar-refractivity contribution in [1.82, 2.24) is 0 Å². The molecule has 68 valence electrons. The Hall–Kier alpha value is -1.16. The van der Waals surface area contributed by atoms with E-state index >= 15 is 0 Å². The Morgan fingerprint density at radius 3 is 3.00 bits per heavy atom. The van der Waals surface area contributed by atoms with Gasteiger partial charge in [0.25, 0.3) is 0 Å². The van der Waals surface area contributed by atoms with E-state index in [9.17, 15) is 9.00 Å². The standard InChI is InChI=1S/C9H8O3S/c1-6-2-3-8-7(4-6)12-9(10)5-13(8)11/h2-4H,5H2,1H3. The first kappa shape index (κ1) is 8.44. The van der Waals surface area contributed by atoms with Crippen LogP contribution in [0.2, 0.25) is 0 Å². The van der Waals surface area contributed by atoms with Crippen LogP contribution in [0, 0.1) is 6.92 Å². The van der Waals surface area contributed by atoms with Crippen molar-refractivity contribution < 1.29 is 13.7 Å². The van der Waals surface area contributed by atoms with Gasteiger partial charge in [-0.05, 0) is 24.6 Å². The molecule has 1 unspecified atom stereocenters. The topological polar surface area (TPSA) is 43.4 Å². The van der Waals surface area contributed by atoms with E-state index in [1.54, 1.807) is 12.1 Å². The summed E-state index contributed by atoms with van der Waals surface area (Å²) in [4.78, 5) is 11.5. The molecule has 1 aromatic rings. The highest BCUT2D eigenvalue weighted by Crippen LogP contribution is 2.27. The Balaban J connectivity index is 2.55. The molecule has 13 heavy (non-hydrogen) atoms. The molecule has 0 saturated carbocycles. The van der Waals surface area contributed by atoms with Crippen LogP contribution in [0.1, 0.15) is 5.56 Å². The molecule has 4 heteroatoms. The highest BCUT2D eigenvalue weighted by atomic mass is 32.2. The van der Waals surface area contributed by atoms with E-state index in [-0.39, 0.29) is 5.75 Å². The lowest BCUT2D eigenvalue weighted by Crippen LogP contribution is -2.23. The summed E-state index contributed by atoms with van der Waals surface area (Å²) in [6.07, 6.45) is 0. The molecule has 1 aliphatic rings. The van der Waals surface area contributed by atoms with E-state index in [1.165, 1.54) is 0 Å². The number of ether oxygens (including phenoxy) is 1. The normalized spacial score (nSPS) is 20.7. The van der Waals surface area contributed by atoms with Crippen molar-refractivity contribution in [3.05, 3.63) is 23.8 Å². The molecule has 0 radical (unpaired) electrons. The van der Waals surface area contributed by atoms with Gasteiger partial charge in [-0.2, -0.15) is 0 Å². The monoisotopic (exact) mass is 196 g/mol. The van der Waals surface area contributed by atoms with Crippen molar-refractivity contribution in [3.8, 4) is 5.75 Å². The van der Waals surface area contributed by atoms with Crippen molar-refractivity contribution >= 4 is 16.8 Å².